The number of amides is 1. The van der Waals surface area contributed by atoms with Crippen molar-refractivity contribution in [3.63, 3.8) is 0 Å². The van der Waals surface area contributed by atoms with Gasteiger partial charge in [-0.2, -0.15) is 4.68 Å². The van der Waals surface area contributed by atoms with Gasteiger partial charge in [0.1, 0.15) is 6.54 Å². The molecule has 8 nitrogen and oxygen atoms in total. The zero-order chi connectivity index (χ0) is 13.5. The Kier molecular flexibility index (Phi) is 5.25. The maximum absolute atomic E-state index is 11.4. The highest BCUT2D eigenvalue weighted by molar-refractivity contribution is 5.75. The molecule has 18 heavy (non-hydrogen) atoms. The Morgan fingerprint density at radius 3 is 3.00 bits per heavy atom. The lowest BCUT2D eigenvalue weighted by atomic mass is 10.2. The summed E-state index contributed by atoms with van der Waals surface area (Å²) in [7, 11) is 0. The van der Waals surface area contributed by atoms with Gasteiger partial charge in [0, 0.05) is 6.54 Å². The van der Waals surface area contributed by atoms with Gasteiger partial charge in [0.2, 0.25) is 5.91 Å². The number of aromatic nitrogens is 2. The van der Waals surface area contributed by atoms with Gasteiger partial charge < -0.3 is 20.5 Å². The summed E-state index contributed by atoms with van der Waals surface area (Å²) in [6.07, 6.45) is 2.31. The molecule has 0 aliphatic heterocycles. The Morgan fingerprint density at radius 1 is 1.72 bits per heavy atom. The average molecular weight is 256 g/mol. The zero-order valence-corrected chi connectivity index (χ0v) is 10.1. The molecule has 0 aromatic carbocycles. The van der Waals surface area contributed by atoms with Gasteiger partial charge >= 0.3 is 5.82 Å². The van der Waals surface area contributed by atoms with E-state index < -0.39 is 4.92 Å². The molecule has 1 rings (SSSR count). The molecule has 1 aromatic rings. The first-order valence-electron chi connectivity index (χ1n) is 5.61. The number of aliphatic hydroxyl groups excluding tert-OH is 1. The number of nitrogens with one attached hydrogen (secondary N) is 1. The standard InChI is InChI=1S/C10H16N4O4/c1-8(15)3-2-5-11-10(16)7-13-6-4-9(12-13)14(17)18/h4,6,8,15H,2-3,5,7H2,1H3,(H,11,16). The Balaban J connectivity index is 2.29. The Morgan fingerprint density at radius 2 is 2.44 bits per heavy atom. The van der Waals surface area contributed by atoms with Crippen LogP contribution in [0.15, 0.2) is 12.3 Å². The van der Waals surface area contributed by atoms with Crippen molar-refractivity contribution in [3.05, 3.63) is 22.4 Å². The maximum Gasteiger partial charge on any atom is 0.389 e. The van der Waals surface area contributed by atoms with E-state index in [-0.39, 0.29) is 24.4 Å². The second kappa shape index (κ2) is 6.70. The molecule has 8 heteroatoms. The quantitative estimate of drug-likeness (QED) is 0.407. The predicted molar refractivity (Wildman–Crippen MR) is 62.8 cm³/mol. The number of aliphatic hydroxyl groups is 1. The van der Waals surface area contributed by atoms with Crippen LogP contribution in [-0.4, -0.2) is 38.4 Å². The number of hydrogen-bond donors (Lipinski definition) is 2. The van der Waals surface area contributed by atoms with E-state index in [2.05, 4.69) is 10.4 Å². The molecule has 2 N–H and O–H groups in total. The Bertz CT molecular complexity index is 416. The van der Waals surface area contributed by atoms with Crippen LogP contribution in [0.5, 0.6) is 0 Å². The highest BCUT2D eigenvalue weighted by Gasteiger charge is 2.12. The molecule has 1 unspecified atom stereocenters. The van der Waals surface area contributed by atoms with Crippen molar-refractivity contribution in [1.29, 1.82) is 0 Å². The molecule has 0 saturated heterocycles. The monoisotopic (exact) mass is 256 g/mol. The van der Waals surface area contributed by atoms with Gasteiger partial charge in [0.05, 0.1) is 23.5 Å². The number of nitrogens with zero attached hydrogens (tertiary/aromatic N) is 3. The molecule has 0 aliphatic rings. The molecule has 1 amide bonds. The van der Waals surface area contributed by atoms with Gasteiger partial charge in [-0.05, 0) is 24.7 Å². The van der Waals surface area contributed by atoms with Crippen molar-refractivity contribution < 1.29 is 14.8 Å². The largest absolute Gasteiger partial charge is 0.393 e. The molecule has 0 spiro atoms. The van der Waals surface area contributed by atoms with E-state index in [1.54, 1.807) is 6.92 Å². The van der Waals surface area contributed by atoms with Gasteiger partial charge in [-0.1, -0.05) is 0 Å². The van der Waals surface area contributed by atoms with Gasteiger partial charge in [-0.15, -0.1) is 0 Å². The fourth-order valence-electron chi connectivity index (χ4n) is 1.36. The van der Waals surface area contributed by atoms with E-state index in [1.807, 2.05) is 0 Å². The second-order valence-electron chi connectivity index (χ2n) is 3.97. The highest BCUT2D eigenvalue weighted by Crippen LogP contribution is 2.04. The first kappa shape index (κ1) is 14.1. The smallest absolute Gasteiger partial charge is 0.389 e. The van der Waals surface area contributed by atoms with Gasteiger partial charge in [0.15, 0.2) is 0 Å². The van der Waals surface area contributed by atoms with Crippen molar-refractivity contribution >= 4 is 11.7 Å². The van der Waals surface area contributed by atoms with Gasteiger partial charge in [0.25, 0.3) is 0 Å². The summed E-state index contributed by atoms with van der Waals surface area (Å²) in [6.45, 7) is 2.10. The summed E-state index contributed by atoms with van der Waals surface area (Å²) in [5.41, 5.74) is 0. The zero-order valence-electron chi connectivity index (χ0n) is 10.1. The number of carbonyl (C=O) groups excluding carboxylic acids is 1. The summed E-state index contributed by atoms with van der Waals surface area (Å²) in [6, 6.07) is 1.24. The molecule has 1 heterocycles. The fraction of sp³-hybridized carbons (Fsp3) is 0.600. The first-order valence-corrected chi connectivity index (χ1v) is 5.61. The lowest BCUT2D eigenvalue weighted by molar-refractivity contribution is -0.389. The summed E-state index contributed by atoms with van der Waals surface area (Å²) >= 11 is 0. The Hall–Kier alpha value is -1.96. The van der Waals surface area contributed by atoms with Crippen molar-refractivity contribution in [1.82, 2.24) is 15.1 Å². The summed E-state index contributed by atoms with van der Waals surface area (Å²) < 4.78 is 1.21. The van der Waals surface area contributed by atoms with E-state index >= 15 is 0 Å². The van der Waals surface area contributed by atoms with Crippen LogP contribution >= 0.6 is 0 Å². The Labute approximate surface area is 104 Å². The molecular formula is C10H16N4O4. The van der Waals surface area contributed by atoms with E-state index in [9.17, 15) is 14.9 Å². The van der Waals surface area contributed by atoms with E-state index in [1.165, 1.54) is 16.9 Å². The first-order chi connectivity index (χ1) is 8.49. The van der Waals surface area contributed by atoms with Crippen LogP contribution in [0, 0.1) is 10.1 Å². The third-order valence-corrected chi connectivity index (χ3v) is 2.24. The fourth-order valence-corrected chi connectivity index (χ4v) is 1.36. The molecule has 0 radical (unpaired) electrons. The third kappa shape index (κ3) is 4.91. The molecule has 0 bridgehead atoms. The van der Waals surface area contributed by atoms with Crippen molar-refractivity contribution in [2.45, 2.75) is 32.4 Å². The SMILES string of the molecule is CC(O)CCCNC(=O)Cn1ccc([N+](=O)[O-])n1. The minimum atomic E-state index is -0.614. The lowest BCUT2D eigenvalue weighted by Crippen LogP contribution is -2.29. The molecule has 1 atom stereocenters. The van der Waals surface area contributed by atoms with Crippen molar-refractivity contribution in [2.75, 3.05) is 6.54 Å². The van der Waals surface area contributed by atoms with Crippen LogP contribution in [-0.2, 0) is 11.3 Å². The van der Waals surface area contributed by atoms with Crippen LogP contribution in [0.25, 0.3) is 0 Å². The molecule has 0 aliphatic carbocycles. The molecule has 0 fully saturated rings. The van der Waals surface area contributed by atoms with Crippen LogP contribution in [0.2, 0.25) is 0 Å². The van der Waals surface area contributed by atoms with Crippen molar-refractivity contribution in [2.24, 2.45) is 0 Å². The molecule has 0 saturated carbocycles. The van der Waals surface area contributed by atoms with Crippen LogP contribution in [0.1, 0.15) is 19.8 Å². The number of rotatable bonds is 7. The average Bonchev–Trinajstić information content (AvgIpc) is 2.72. The highest BCUT2D eigenvalue weighted by atomic mass is 16.6. The number of nitro groups is 1. The van der Waals surface area contributed by atoms with E-state index in [4.69, 9.17) is 5.11 Å². The minimum Gasteiger partial charge on any atom is -0.393 e. The van der Waals surface area contributed by atoms with Gasteiger partial charge in [-0.25, -0.2) is 0 Å². The van der Waals surface area contributed by atoms with E-state index in [0.717, 1.165) is 0 Å². The number of hydrogen-bond acceptors (Lipinski definition) is 5. The molecule has 100 valence electrons. The lowest BCUT2D eigenvalue weighted by Gasteiger charge is -2.05. The third-order valence-electron chi connectivity index (χ3n) is 2.24. The minimum absolute atomic E-state index is 0.0531. The molecular weight excluding hydrogens is 240 g/mol. The molecule has 1 aromatic heterocycles. The summed E-state index contributed by atoms with van der Waals surface area (Å²) in [5.74, 6) is -0.546. The topological polar surface area (TPSA) is 110 Å². The van der Waals surface area contributed by atoms with Crippen LogP contribution in [0.4, 0.5) is 5.82 Å². The van der Waals surface area contributed by atoms with Gasteiger partial charge in [-0.3, -0.25) is 4.79 Å². The summed E-state index contributed by atoms with van der Waals surface area (Å²) in [4.78, 5) is 21.2. The summed E-state index contributed by atoms with van der Waals surface area (Å²) in [5, 5.41) is 25.7. The second-order valence-corrected chi connectivity index (χ2v) is 3.97. The normalized spacial score (nSPS) is 12.1. The van der Waals surface area contributed by atoms with Crippen LogP contribution < -0.4 is 5.32 Å². The predicted octanol–water partition coefficient (Wildman–Crippen LogP) is 0.0685. The van der Waals surface area contributed by atoms with Crippen LogP contribution in [0.3, 0.4) is 0 Å². The van der Waals surface area contributed by atoms with E-state index in [0.29, 0.717) is 19.4 Å². The maximum atomic E-state index is 11.4. The number of carbonyl (C=O) groups is 1. The van der Waals surface area contributed by atoms with Crippen molar-refractivity contribution in [3.8, 4) is 0 Å².